The van der Waals surface area contributed by atoms with Crippen molar-refractivity contribution in [1.82, 2.24) is 0 Å². The van der Waals surface area contributed by atoms with Crippen LogP contribution >= 0.6 is 0 Å². The predicted molar refractivity (Wildman–Crippen MR) is 74.2 cm³/mol. The summed E-state index contributed by atoms with van der Waals surface area (Å²) in [5.41, 5.74) is 2.77. The fraction of sp³-hybridized carbons (Fsp3) is 0.250. The van der Waals surface area contributed by atoms with Crippen molar-refractivity contribution in [2.24, 2.45) is 0 Å². The monoisotopic (exact) mass is 246 g/mol. The summed E-state index contributed by atoms with van der Waals surface area (Å²) in [5, 5.41) is 9.41. The minimum Gasteiger partial charge on any atom is -0.508 e. The lowest BCUT2D eigenvalue weighted by molar-refractivity contribution is 0.475. The summed E-state index contributed by atoms with van der Waals surface area (Å²) in [6.45, 7) is 6.03. The molecular formula is C16H19FO. The fourth-order valence-electron chi connectivity index (χ4n) is 1.80. The molecule has 2 aromatic rings. The average molecular weight is 246 g/mol. The molecule has 0 aliphatic heterocycles. The lowest BCUT2D eigenvalue weighted by Crippen LogP contribution is -1.89. The van der Waals surface area contributed by atoms with Crippen LogP contribution in [0.3, 0.4) is 0 Å². The Morgan fingerprint density at radius 1 is 1.06 bits per heavy atom. The van der Waals surface area contributed by atoms with Gasteiger partial charge < -0.3 is 5.11 Å². The Hall–Kier alpha value is -1.83. The molecule has 0 bridgehead atoms. The number of phenols is 1. The summed E-state index contributed by atoms with van der Waals surface area (Å²) in [5.74, 6) is -0.0562. The van der Waals surface area contributed by atoms with Crippen LogP contribution < -0.4 is 0 Å². The van der Waals surface area contributed by atoms with Crippen LogP contribution in [0.25, 0.3) is 11.1 Å². The summed E-state index contributed by atoms with van der Waals surface area (Å²) < 4.78 is 13.2. The van der Waals surface area contributed by atoms with E-state index in [-0.39, 0.29) is 11.6 Å². The van der Waals surface area contributed by atoms with E-state index in [0.29, 0.717) is 0 Å². The first kappa shape index (κ1) is 14.2. The van der Waals surface area contributed by atoms with Gasteiger partial charge in [-0.1, -0.05) is 39.0 Å². The third-order valence-electron chi connectivity index (χ3n) is 2.61. The molecule has 0 radical (unpaired) electrons. The van der Waals surface area contributed by atoms with E-state index in [1.807, 2.05) is 26.8 Å². The summed E-state index contributed by atoms with van der Waals surface area (Å²) in [7, 11) is 0. The van der Waals surface area contributed by atoms with Crippen molar-refractivity contribution in [2.45, 2.75) is 27.2 Å². The third-order valence-corrected chi connectivity index (χ3v) is 2.61. The zero-order valence-corrected chi connectivity index (χ0v) is 11.1. The highest BCUT2D eigenvalue weighted by Gasteiger charge is 2.05. The van der Waals surface area contributed by atoms with E-state index in [4.69, 9.17) is 0 Å². The van der Waals surface area contributed by atoms with Gasteiger partial charge in [-0.05, 0) is 47.4 Å². The van der Waals surface area contributed by atoms with Gasteiger partial charge in [-0.15, -0.1) is 0 Å². The van der Waals surface area contributed by atoms with Gasteiger partial charge in [-0.3, -0.25) is 0 Å². The van der Waals surface area contributed by atoms with Gasteiger partial charge in [0.2, 0.25) is 0 Å². The molecule has 0 saturated carbocycles. The van der Waals surface area contributed by atoms with Gasteiger partial charge in [-0.25, -0.2) is 4.39 Å². The number of rotatable bonds is 2. The zero-order chi connectivity index (χ0) is 13.5. The highest BCUT2D eigenvalue weighted by Crippen LogP contribution is 2.27. The Morgan fingerprint density at radius 2 is 1.78 bits per heavy atom. The largest absolute Gasteiger partial charge is 0.508 e. The van der Waals surface area contributed by atoms with Crippen molar-refractivity contribution in [3.05, 3.63) is 53.8 Å². The van der Waals surface area contributed by atoms with Crippen LogP contribution in [0.1, 0.15) is 26.3 Å². The summed E-state index contributed by atoms with van der Waals surface area (Å²) in [6, 6.07) is 11.6. The van der Waals surface area contributed by atoms with Crippen molar-refractivity contribution < 1.29 is 9.50 Å². The molecule has 18 heavy (non-hydrogen) atoms. The minimum absolute atomic E-state index is 0.198. The second-order valence-electron chi connectivity index (χ2n) is 3.71. The van der Waals surface area contributed by atoms with Crippen LogP contribution in [0.2, 0.25) is 0 Å². The number of halogens is 1. The summed E-state index contributed by atoms with van der Waals surface area (Å²) in [4.78, 5) is 0. The summed E-state index contributed by atoms with van der Waals surface area (Å²) in [6.07, 6.45) is 0.839. The second kappa shape index (κ2) is 6.80. The van der Waals surface area contributed by atoms with Crippen LogP contribution in [0, 0.1) is 5.82 Å². The highest BCUT2D eigenvalue weighted by atomic mass is 19.1. The molecule has 0 aliphatic rings. The van der Waals surface area contributed by atoms with E-state index in [1.165, 1.54) is 12.1 Å². The third kappa shape index (κ3) is 3.33. The predicted octanol–water partition coefficient (Wildman–Crippen LogP) is 4.79. The molecule has 96 valence electrons. The molecule has 0 aliphatic carbocycles. The van der Waals surface area contributed by atoms with E-state index >= 15 is 0 Å². The number of phenolic OH excluding ortho intramolecular Hbond substituents is 1. The Bertz CT molecular complexity index is 506. The molecule has 0 amide bonds. The quantitative estimate of drug-likeness (QED) is 0.808. The Balaban J connectivity index is 0.000000771. The standard InChI is InChI=1S/C14H13FO.C2H6/c1-2-10-6-7-12(15)9-14(10)11-4-3-5-13(16)8-11;1-2/h3-9,16H,2H2,1H3;1-2H3. The van der Waals surface area contributed by atoms with E-state index in [9.17, 15) is 9.50 Å². The lowest BCUT2D eigenvalue weighted by Gasteiger charge is -2.08. The SMILES string of the molecule is CC.CCc1ccc(F)cc1-c1cccc(O)c1. The lowest BCUT2D eigenvalue weighted by atomic mass is 9.98. The first-order valence-corrected chi connectivity index (χ1v) is 6.28. The van der Waals surface area contributed by atoms with Gasteiger partial charge in [0, 0.05) is 0 Å². The van der Waals surface area contributed by atoms with Gasteiger partial charge in [0.1, 0.15) is 11.6 Å². The van der Waals surface area contributed by atoms with Gasteiger partial charge in [0.25, 0.3) is 0 Å². The molecule has 0 spiro atoms. The number of aromatic hydroxyl groups is 1. The molecule has 1 N–H and O–H groups in total. The molecule has 2 aromatic carbocycles. The van der Waals surface area contributed by atoms with Crippen LogP contribution in [0.5, 0.6) is 5.75 Å². The van der Waals surface area contributed by atoms with E-state index < -0.39 is 0 Å². The van der Waals surface area contributed by atoms with Crippen molar-refractivity contribution in [3.63, 3.8) is 0 Å². The Morgan fingerprint density at radius 3 is 2.39 bits per heavy atom. The van der Waals surface area contributed by atoms with Gasteiger partial charge in [-0.2, -0.15) is 0 Å². The maximum Gasteiger partial charge on any atom is 0.123 e. The van der Waals surface area contributed by atoms with Gasteiger partial charge in [0.15, 0.2) is 0 Å². The number of benzene rings is 2. The second-order valence-corrected chi connectivity index (χ2v) is 3.71. The van der Waals surface area contributed by atoms with E-state index in [0.717, 1.165) is 23.1 Å². The number of hydrogen-bond acceptors (Lipinski definition) is 1. The van der Waals surface area contributed by atoms with Crippen molar-refractivity contribution in [3.8, 4) is 16.9 Å². The molecule has 2 heteroatoms. The molecule has 0 saturated heterocycles. The van der Waals surface area contributed by atoms with Crippen LogP contribution in [0.4, 0.5) is 4.39 Å². The Labute approximate surface area is 108 Å². The smallest absolute Gasteiger partial charge is 0.123 e. The molecule has 0 atom stereocenters. The van der Waals surface area contributed by atoms with E-state index in [1.54, 1.807) is 24.3 Å². The molecule has 2 rings (SSSR count). The highest BCUT2D eigenvalue weighted by molar-refractivity contribution is 5.68. The maximum atomic E-state index is 13.2. The topological polar surface area (TPSA) is 20.2 Å². The Kier molecular flexibility index (Phi) is 5.37. The van der Waals surface area contributed by atoms with Crippen molar-refractivity contribution in [1.29, 1.82) is 0 Å². The minimum atomic E-state index is -0.254. The van der Waals surface area contributed by atoms with Crippen LogP contribution in [-0.4, -0.2) is 5.11 Å². The molecule has 0 unspecified atom stereocenters. The molecule has 0 heterocycles. The summed E-state index contributed by atoms with van der Waals surface area (Å²) >= 11 is 0. The number of hydrogen-bond donors (Lipinski definition) is 1. The molecule has 0 fully saturated rings. The van der Waals surface area contributed by atoms with E-state index in [2.05, 4.69) is 0 Å². The van der Waals surface area contributed by atoms with Crippen molar-refractivity contribution in [2.75, 3.05) is 0 Å². The maximum absolute atomic E-state index is 13.2. The van der Waals surface area contributed by atoms with Crippen LogP contribution in [-0.2, 0) is 6.42 Å². The van der Waals surface area contributed by atoms with Crippen LogP contribution in [0.15, 0.2) is 42.5 Å². The molecular weight excluding hydrogens is 227 g/mol. The zero-order valence-electron chi connectivity index (χ0n) is 11.1. The normalized spacial score (nSPS) is 9.56. The van der Waals surface area contributed by atoms with Gasteiger partial charge in [0.05, 0.1) is 0 Å². The first-order valence-electron chi connectivity index (χ1n) is 6.28. The average Bonchev–Trinajstić information content (AvgIpc) is 2.41. The van der Waals surface area contributed by atoms with Gasteiger partial charge >= 0.3 is 0 Å². The van der Waals surface area contributed by atoms with Crippen molar-refractivity contribution >= 4 is 0 Å². The molecule has 0 aromatic heterocycles. The molecule has 1 nitrogen and oxygen atoms in total. The first-order chi connectivity index (χ1) is 8.70. The fourth-order valence-corrected chi connectivity index (χ4v) is 1.80. The number of aryl methyl sites for hydroxylation is 1.